The number of benzene rings is 1. The van der Waals surface area contributed by atoms with Gasteiger partial charge in [-0.25, -0.2) is 0 Å². The average Bonchev–Trinajstić information content (AvgIpc) is 2.62. The normalized spacial score (nSPS) is 29.3. The molecular weight excluding hydrogens is 190 g/mol. The van der Waals surface area contributed by atoms with E-state index in [9.17, 15) is 5.11 Å². The predicted molar refractivity (Wildman–Crippen MR) is 58.1 cm³/mol. The third-order valence-corrected chi connectivity index (χ3v) is 2.92. The summed E-state index contributed by atoms with van der Waals surface area (Å²) in [7, 11) is 1.92. The zero-order valence-electron chi connectivity index (χ0n) is 9.13. The van der Waals surface area contributed by atoms with Gasteiger partial charge in [-0.05, 0) is 12.5 Å². The van der Waals surface area contributed by atoms with Gasteiger partial charge in [-0.15, -0.1) is 0 Å². The van der Waals surface area contributed by atoms with Crippen molar-refractivity contribution in [2.45, 2.75) is 31.6 Å². The largest absolute Gasteiger partial charge is 0.391 e. The van der Waals surface area contributed by atoms with Crippen molar-refractivity contribution in [2.24, 2.45) is 0 Å². The van der Waals surface area contributed by atoms with E-state index in [0.29, 0.717) is 0 Å². The van der Waals surface area contributed by atoms with Crippen molar-refractivity contribution in [3.8, 4) is 0 Å². The number of hydrogen-bond donors (Lipinski definition) is 1. The van der Waals surface area contributed by atoms with Crippen LogP contribution in [0.25, 0.3) is 0 Å². The van der Waals surface area contributed by atoms with Crippen LogP contribution in [0.3, 0.4) is 0 Å². The van der Waals surface area contributed by atoms with Gasteiger partial charge in [0.2, 0.25) is 0 Å². The van der Waals surface area contributed by atoms with Crippen LogP contribution in [-0.2, 0) is 4.84 Å². The molecule has 82 valence electrons. The molecule has 3 atom stereocenters. The first kappa shape index (κ1) is 10.6. The van der Waals surface area contributed by atoms with Gasteiger partial charge in [0.15, 0.2) is 0 Å². The fraction of sp³-hybridized carbons (Fsp3) is 0.500. The van der Waals surface area contributed by atoms with E-state index in [1.165, 1.54) is 5.56 Å². The van der Waals surface area contributed by atoms with E-state index in [0.717, 1.165) is 6.42 Å². The Labute approximate surface area is 90.2 Å². The first-order chi connectivity index (χ1) is 7.18. The van der Waals surface area contributed by atoms with E-state index < -0.39 is 6.10 Å². The molecule has 0 saturated carbocycles. The molecule has 2 rings (SSSR count). The lowest BCUT2D eigenvalue weighted by molar-refractivity contribution is -0.167. The van der Waals surface area contributed by atoms with Crippen molar-refractivity contribution >= 4 is 0 Å². The van der Waals surface area contributed by atoms with Gasteiger partial charge >= 0.3 is 0 Å². The fourth-order valence-electron chi connectivity index (χ4n) is 2.00. The van der Waals surface area contributed by atoms with Crippen LogP contribution in [0.2, 0.25) is 0 Å². The third kappa shape index (κ3) is 2.20. The maximum Gasteiger partial charge on any atom is 0.107 e. The van der Waals surface area contributed by atoms with Crippen molar-refractivity contribution in [2.75, 3.05) is 7.05 Å². The van der Waals surface area contributed by atoms with Crippen LogP contribution in [0.1, 0.15) is 24.9 Å². The zero-order valence-corrected chi connectivity index (χ0v) is 9.13. The molecule has 0 aliphatic carbocycles. The lowest BCUT2D eigenvalue weighted by Crippen LogP contribution is -2.23. The lowest BCUT2D eigenvalue weighted by atomic mass is 10.0. The van der Waals surface area contributed by atoms with Gasteiger partial charge in [-0.3, -0.25) is 4.84 Å². The van der Waals surface area contributed by atoms with Gasteiger partial charge in [-0.1, -0.05) is 30.3 Å². The summed E-state index contributed by atoms with van der Waals surface area (Å²) in [5, 5.41) is 11.3. The first-order valence-corrected chi connectivity index (χ1v) is 5.31. The predicted octanol–water partition coefficient (Wildman–Crippen LogP) is 1.74. The Balaban J connectivity index is 2.12. The molecule has 3 nitrogen and oxygen atoms in total. The number of aliphatic hydroxyl groups excluding tert-OH is 1. The Bertz CT molecular complexity index is 313. The van der Waals surface area contributed by atoms with Crippen molar-refractivity contribution < 1.29 is 9.94 Å². The van der Waals surface area contributed by atoms with E-state index in [-0.39, 0.29) is 12.1 Å². The van der Waals surface area contributed by atoms with E-state index in [1.54, 1.807) is 6.92 Å². The molecule has 1 saturated heterocycles. The summed E-state index contributed by atoms with van der Waals surface area (Å²) >= 11 is 0. The van der Waals surface area contributed by atoms with Gasteiger partial charge in [0.25, 0.3) is 0 Å². The van der Waals surface area contributed by atoms with Crippen LogP contribution in [0.4, 0.5) is 0 Å². The van der Waals surface area contributed by atoms with Crippen LogP contribution in [0.15, 0.2) is 30.3 Å². The number of rotatable bonds is 2. The minimum atomic E-state index is -0.416. The summed E-state index contributed by atoms with van der Waals surface area (Å²) in [4.78, 5) is 5.57. The van der Waals surface area contributed by atoms with Crippen LogP contribution in [-0.4, -0.2) is 29.4 Å². The topological polar surface area (TPSA) is 32.7 Å². The van der Waals surface area contributed by atoms with Crippen LogP contribution in [0, 0.1) is 0 Å². The molecule has 0 bridgehead atoms. The highest BCUT2D eigenvalue weighted by Crippen LogP contribution is 2.33. The van der Waals surface area contributed by atoms with Gasteiger partial charge in [0.05, 0.1) is 12.1 Å². The van der Waals surface area contributed by atoms with E-state index in [1.807, 2.05) is 30.3 Å². The number of hydrogen-bond acceptors (Lipinski definition) is 3. The molecule has 0 amide bonds. The Hall–Kier alpha value is -0.900. The molecule has 0 radical (unpaired) electrons. The van der Waals surface area contributed by atoms with Gasteiger partial charge in [0.1, 0.15) is 6.10 Å². The second-order valence-corrected chi connectivity index (χ2v) is 4.09. The quantitative estimate of drug-likeness (QED) is 0.802. The van der Waals surface area contributed by atoms with E-state index in [4.69, 9.17) is 4.84 Å². The molecule has 0 spiro atoms. The minimum Gasteiger partial charge on any atom is -0.391 e. The highest BCUT2D eigenvalue weighted by atomic mass is 16.7. The van der Waals surface area contributed by atoms with Crippen LogP contribution >= 0.6 is 0 Å². The molecular formula is C12H17NO2. The number of nitrogens with zero attached hydrogens (tertiary/aromatic N) is 1. The monoisotopic (exact) mass is 207 g/mol. The van der Waals surface area contributed by atoms with Gasteiger partial charge in [-0.2, -0.15) is 5.06 Å². The smallest absolute Gasteiger partial charge is 0.107 e. The Morgan fingerprint density at radius 2 is 2.07 bits per heavy atom. The highest BCUT2D eigenvalue weighted by molar-refractivity contribution is 5.19. The molecule has 1 heterocycles. The fourth-order valence-corrected chi connectivity index (χ4v) is 2.00. The van der Waals surface area contributed by atoms with E-state index in [2.05, 4.69) is 12.1 Å². The standard InChI is InChI=1S/C12H17NO2/c1-9(14)12-8-11(13(2)15-12)10-6-4-3-5-7-10/h3-7,9,11-12,14H,8H2,1-2H3/t9-,11-,12-/m0/s1. The summed E-state index contributed by atoms with van der Waals surface area (Å²) < 4.78 is 0. The third-order valence-electron chi connectivity index (χ3n) is 2.92. The average molecular weight is 207 g/mol. The van der Waals surface area contributed by atoms with Gasteiger partial charge in [0, 0.05) is 13.5 Å². The Morgan fingerprint density at radius 3 is 2.60 bits per heavy atom. The van der Waals surface area contributed by atoms with Crippen molar-refractivity contribution in [1.82, 2.24) is 5.06 Å². The molecule has 0 aromatic heterocycles. The number of aliphatic hydroxyl groups is 1. The maximum absolute atomic E-state index is 9.48. The summed E-state index contributed by atoms with van der Waals surface area (Å²) in [6.45, 7) is 1.77. The van der Waals surface area contributed by atoms with Crippen molar-refractivity contribution in [3.05, 3.63) is 35.9 Å². The Morgan fingerprint density at radius 1 is 1.40 bits per heavy atom. The number of hydroxylamine groups is 2. The summed E-state index contributed by atoms with van der Waals surface area (Å²) in [5.41, 5.74) is 1.24. The molecule has 1 aliphatic heterocycles. The van der Waals surface area contributed by atoms with Gasteiger partial charge < -0.3 is 5.11 Å². The molecule has 1 aromatic rings. The van der Waals surface area contributed by atoms with Crippen LogP contribution < -0.4 is 0 Å². The molecule has 15 heavy (non-hydrogen) atoms. The lowest BCUT2D eigenvalue weighted by Gasteiger charge is -2.17. The molecule has 1 aromatic carbocycles. The van der Waals surface area contributed by atoms with Crippen molar-refractivity contribution in [3.63, 3.8) is 0 Å². The maximum atomic E-state index is 9.48. The molecule has 1 aliphatic rings. The SMILES string of the molecule is C[C@H](O)[C@@H]1C[C@@H](c2ccccc2)N(C)O1. The summed E-state index contributed by atoms with van der Waals surface area (Å²) in [6.07, 6.45) is 0.347. The molecule has 0 unspecified atom stereocenters. The molecule has 3 heteroatoms. The van der Waals surface area contributed by atoms with Crippen LogP contribution in [0.5, 0.6) is 0 Å². The highest BCUT2D eigenvalue weighted by Gasteiger charge is 2.34. The minimum absolute atomic E-state index is 0.0831. The second kappa shape index (κ2) is 4.31. The summed E-state index contributed by atoms with van der Waals surface area (Å²) in [5.74, 6) is 0. The van der Waals surface area contributed by atoms with E-state index >= 15 is 0 Å². The van der Waals surface area contributed by atoms with Crippen molar-refractivity contribution in [1.29, 1.82) is 0 Å². The molecule has 1 fully saturated rings. The Kier molecular flexibility index (Phi) is 3.05. The zero-order chi connectivity index (χ0) is 10.8. The second-order valence-electron chi connectivity index (χ2n) is 4.09. The summed E-state index contributed by atoms with van der Waals surface area (Å²) in [6, 6.07) is 10.5. The molecule has 1 N–H and O–H groups in total. The first-order valence-electron chi connectivity index (χ1n) is 5.31.